The predicted molar refractivity (Wildman–Crippen MR) is 98.6 cm³/mol. The number of benzene rings is 1. The Morgan fingerprint density at radius 1 is 1.21 bits per heavy atom. The van der Waals surface area contributed by atoms with Crippen molar-refractivity contribution in [1.82, 2.24) is 15.1 Å². The highest BCUT2D eigenvalue weighted by Crippen LogP contribution is 2.23. The molecule has 1 aromatic carbocycles. The molecule has 152 valence electrons. The third-order valence-corrected chi connectivity index (χ3v) is 4.89. The lowest BCUT2D eigenvalue weighted by atomic mass is 10.1. The Balaban J connectivity index is 1.88. The molecule has 2 aliphatic rings. The van der Waals surface area contributed by atoms with Crippen molar-refractivity contribution in [3.8, 4) is 0 Å². The monoisotopic (exact) mass is 392 g/mol. The van der Waals surface area contributed by atoms with Crippen molar-refractivity contribution in [2.45, 2.75) is 31.5 Å². The van der Waals surface area contributed by atoms with Gasteiger partial charge in [-0.2, -0.15) is 0 Å². The molecule has 0 aliphatic carbocycles. The topological polar surface area (TPSA) is 105 Å². The van der Waals surface area contributed by atoms with Gasteiger partial charge >= 0.3 is 0 Å². The van der Waals surface area contributed by atoms with Crippen LogP contribution in [0.2, 0.25) is 0 Å². The van der Waals surface area contributed by atoms with Crippen molar-refractivity contribution in [3.63, 3.8) is 0 Å². The van der Waals surface area contributed by atoms with E-state index in [0.29, 0.717) is 26.0 Å². The number of carbonyl (C=O) groups is 3. The molecule has 3 amide bonds. The van der Waals surface area contributed by atoms with Crippen LogP contribution in [-0.2, 0) is 14.3 Å². The smallest absolute Gasteiger partial charge is 0.263 e. The minimum atomic E-state index is -1.12. The van der Waals surface area contributed by atoms with Gasteiger partial charge in [0.2, 0.25) is 0 Å². The predicted octanol–water partition coefficient (Wildman–Crippen LogP) is 0.0802. The third-order valence-electron chi connectivity index (χ3n) is 4.89. The first-order valence-electron chi connectivity index (χ1n) is 9.49. The zero-order valence-electron chi connectivity index (χ0n) is 15.6. The van der Waals surface area contributed by atoms with Gasteiger partial charge in [0, 0.05) is 38.3 Å². The second-order valence-corrected chi connectivity index (χ2v) is 6.85. The van der Waals surface area contributed by atoms with Crippen LogP contribution in [0.15, 0.2) is 24.3 Å². The van der Waals surface area contributed by atoms with E-state index in [2.05, 4.69) is 5.32 Å². The fraction of sp³-hybridized carbons (Fsp3) is 0.526. The molecule has 0 bridgehead atoms. The lowest BCUT2D eigenvalue weighted by Crippen LogP contribution is -2.65. The molecule has 9 heteroatoms. The summed E-state index contributed by atoms with van der Waals surface area (Å²) in [5.41, 5.74) is 5.59. The van der Waals surface area contributed by atoms with Gasteiger partial charge in [0.15, 0.2) is 6.17 Å². The maximum atomic E-state index is 13.6. The molecule has 2 heterocycles. The van der Waals surface area contributed by atoms with Crippen molar-refractivity contribution in [1.29, 1.82) is 0 Å². The molecule has 28 heavy (non-hydrogen) atoms. The van der Waals surface area contributed by atoms with E-state index in [9.17, 15) is 18.8 Å². The summed E-state index contributed by atoms with van der Waals surface area (Å²) in [6, 6.07) is 5.29. The standard InChI is InChI=1S/C19H25FN4O4/c20-14-5-1-4-13(12-14)18(26)23-9-3-10-24(17(23)16(25)22-8-7-21)19(27)15-6-2-11-28-15/h1,4-5,12,15,17H,2-3,6-11,21H2,(H,22,25). The van der Waals surface area contributed by atoms with Crippen LogP contribution in [0.25, 0.3) is 0 Å². The Bertz CT molecular complexity index is 738. The highest BCUT2D eigenvalue weighted by atomic mass is 19.1. The lowest BCUT2D eigenvalue weighted by Gasteiger charge is -2.43. The highest BCUT2D eigenvalue weighted by Gasteiger charge is 2.43. The lowest BCUT2D eigenvalue weighted by molar-refractivity contribution is -0.155. The van der Waals surface area contributed by atoms with E-state index in [1.165, 1.54) is 28.0 Å². The molecule has 2 unspecified atom stereocenters. The van der Waals surface area contributed by atoms with Crippen molar-refractivity contribution in [2.24, 2.45) is 5.73 Å². The van der Waals surface area contributed by atoms with E-state index in [0.717, 1.165) is 12.5 Å². The van der Waals surface area contributed by atoms with Crippen molar-refractivity contribution in [3.05, 3.63) is 35.6 Å². The van der Waals surface area contributed by atoms with Gasteiger partial charge < -0.3 is 25.6 Å². The van der Waals surface area contributed by atoms with Gasteiger partial charge in [-0.15, -0.1) is 0 Å². The number of ether oxygens (including phenoxy) is 1. The van der Waals surface area contributed by atoms with Crippen LogP contribution in [0.3, 0.4) is 0 Å². The molecule has 0 spiro atoms. The van der Waals surface area contributed by atoms with E-state index < -0.39 is 29.9 Å². The largest absolute Gasteiger partial charge is 0.368 e. The number of amides is 3. The fourth-order valence-corrected chi connectivity index (χ4v) is 3.58. The highest BCUT2D eigenvalue weighted by molar-refractivity contribution is 5.99. The molecule has 8 nitrogen and oxygen atoms in total. The average molecular weight is 392 g/mol. The molecule has 3 rings (SSSR count). The summed E-state index contributed by atoms with van der Waals surface area (Å²) < 4.78 is 19.1. The van der Waals surface area contributed by atoms with Crippen LogP contribution in [-0.4, -0.2) is 72.6 Å². The van der Waals surface area contributed by atoms with E-state index >= 15 is 0 Å². The van der Waals surface area contributed by atoms with Gasteiger partial charge in [-0.1, -0.05) is 6.07 Å². The number of carbonyl (C=O) groups excluding carboxylic acids is 3. The summed E-state index contributed by atoms with van der Waals surface area (Å²) in [6.45, 7) is 1.58. The van der Waals surface area contributed by atoms with Gasteiger partial charge in [-0.3, -0.25) is 14.4 Å². The van der Waals surface area contributed by atoms with Gasteiger partial charge in [-0.25, -0.2) is 4.39 Å². The SMILES string of the molecule is NCCNC(=O)C1N(C(=O)c2cccc(F)c2)CCCN1C(=O)C1CCCO1. The summed E-state index contributed by atoms with van der Waals surface area (Å²) in [5.74, 6) is -1.83. The van der Waals surface area contributed by atoms with E-state index in [4.69, 9.17) is 10.5 Å². The minimum Gasteiger partial charge on any atom is -0.368 e. The average Bonchev–Trinajstić information content (AvgIpc) is 3.25. The molecule has 2 aliphatic heterocycles. The molecule has 3 N–H and O–H groups in total. The Morgan fingerprint density at radius 3 is 2.68 bits per heavy atom. The van der Waals surface area contributed by atoms with Crippen LogP contribution in [0.4, 0.5) is 4.39 Å². The maximum absolute atomic E-state index is 13.6. The number of hydrogen-bond donors (Lipinski definition) is 2. The van der Waals surface area contributed by atoms with Crippen molar-refractivity contribution < 1.29 is 23.5 Å². The zero-order valence-corrected chi connectivity index (χ0v) is 15.6. The normalized spacial score (nSPS) is 22.2. The van der Waals surface area contributed by atoms with Gasteiger partial charge in [0.05, 0.1) is 0 Å². The van der Waals surface area contributed by atoms with Crippen molar-refractivity contribution in [2.75, 3.05) is 32.8 Å². The molecule has 0 aromatic heterocycles. The molecule has 2 fully saturated rings. The molecular weight excluding hydrogens is 367 g/mol. The minimum absolute atomic E-state index is 0.128. The summed E-state index contributed by atoms with van der Waals surface area (Å²) >= 11 is 0. The molecular formula is C19H25FN4O4. The Labute approximate surface area is 162 Å². The van der Waals surface area contributed by atoms with Crippen LogP contribution < -0.4 is 11.1 Å². The molecule has 2 atom stereocenters. The quantitative estimate of drug-likeness (QED) is 0.738. The van der Waals surface area contributed by atoms with Crippen molar-refractivity contribution >= 4 is 17.7 Å². The number of hydrogen-bond acceptors (Lipinski definition) is 5. The number of rotatable bonds is 5. The molecule has 2 saturated heterocycles. The first-order valence-corrected chi connectivity index (χ1v) is 9.49. The summed E-state index contributed by atoms with van der Waals surface area (Å²) in [7, 11) is 0. The van der Waals surface area contributed by atoms with Gasteiger partial charge in [-0.05, 0) is 37.5 Å². The summed E-state index contributed by atoms with van der Waals surface area (Å²) in [5, 5.41) is 2.66. The number of halogens is 1. The zero-order chi connectivity index (χ0) is 20.1. The molecule has 0 saturated carbocycles. The molecule has 0 radical (unpaired) electrons. The van der Waals surface area contributed by atoms with E-state index in [1.54, 1.807) is 0 Å². The van der Waals surface area contributed by atoms with Gasteiger partial charge in [0.25, 0.3) is 17.7 Å². The fourth-order valence-electron chi connectivity index (χ4n) is 3.58. The van der Waals surface area contributed by atoms with Crippen LogP contribution >= 0.6 is 0 Å². The Morgan fingerprint density at radius 2 is 2.00 bits per heavy atom. The van der Waals surface area contributed by atoms with Gasteiger partial charge in [0.1, 0.15) is 11.9 Å². The Kier molecular flexibility index (Phi) is 6.58. The summed E-state index contributed by atoms with van der Waals surface area (Å²) in [4.78, 5) is 41.5. The maximum Gasteiger partial charge on any atom is 0.263 e. The number of nitrogens with zero attached hydrogens (tertiary/aromatic N) is 2. The second kappa shape index (κ2) is 9.11. The second-order valence-electron chi connectivity index (χ2n) is 6.85. The van der Waals surface area contributed by atoms with Crippen LogP contribution in [0.1, 0.15) is 29.6 Å². The summed E-state index contributed by atoms with van der Waals surface area (Å²) in [6.07, 6.45) is 0.159. The number of nitrogens with two attached hydrogens (primary N) is 1. The first-order chi connectivity index (χ1) is 13.5. The molecule has 1 aromatic rings. The Hall–Kier alpha value is -2.52. The van der Waals surface area contributed by atoms with Crippen LogP contribution in [0, 0.1) is 5.82 Å². The third kappa shape index (κ3) is 4.31. The number of nitrogens with one attached hydrogen (secondary N) is 1. The van der Waals surface area contributed by atoms with E-state index in [1.807, 2.05) is 0 Å². The van der Waals surface area contributed by atoms with E-state index in [-0.39, 0.29) is 31.1 Å². The first kappa shape index (κ1) is 20.2. The van der Waals surface area contributed by atoms with Crippen LogP contribution in [0.5, 0.6) is 0 Å².